The van der Waals surface area contributed by atoms with Crippen molar-refractivity contribution < 1.29 is 5.11 Å². The van der Waals surface area contributed by atoms with Crippen molar-refractivity contribution in [2.75, 3.05) is 0 Å². The first-order valence-corrected chi connectivity index (χ1v) is 14.5. The largest absolute Gasteiger partial charge is 0.393 e. The van der Waals surface area contributed by atoms with Crippen LogP contribution in [0.2, 0.25) is 0 Å². The van der Waals surface area contributed by atoms with E-state index < -0.39 is 0 Å². The number of hydrogen-bond acceptors (Lipinski definition) is 1. The maximum Gasteiger partial charge on any atom is 0.0577 e. The van der Waals surface area contributed by atoms with E-state index in [0.717, 1.165) is 54.3 Å². The Kier molecular flexibility index (Phi) is 5.96. The number of fused-ring (bicyclic) bond motifs is 5. The van der Waals surface area contributed by atoms with Gasteiger partial charge in [0.1, 0.15) is 0 Å². The van der Waals surface area contributed by atoms with Crippen molar-refractivity contribution in [2.24, 2.45) is 57.7 Å². The molecule has 0 spiro atoms. The van der Waals surface area contributed by atoms with E-state index in [9.17, 15) is 5.11 Å². The lowest BCUT2D eigenvalue weighted by Gasteiger charge is -2.58. The average molecular weight is 441 g/mol. The molecule has 0 aromatic carbocycles. The molecule has 1 N–H and O–H groups in total. The SMILES string of the molecule is CC[C@@H]1C[C@@]1(CC[C@@H](C)[C@H]1CC[C@H]2[C@@H]3CC=C4C[C@@H](O)CC[C@]4(C)[C@H]3CC[C@]12C)C(C)C. The molecule has 0 aromatic rings. The van der Waals surface area contributed by atoms with Crippen LogP contribution in [0.5, 0.6) is 0 Å². The molecule has 10 atom stereocenters. The molecule has 0 amide bonds. The van der Waals surface area contributed by atoms with Crippen molar-refractivity contribution in [3.8, 4) is 0 Å². The van der Waals surface area contributed by atoms with Crippen LogP contribution >= 0.6 is 0 Å². The van der Waals surface area contributed by atoms with E-state index in [1.807, 2.05) is 0 Å². The summed E-state index contributed by atoms with van der Waals surface area (Å²) in [5, 5.41) is 10.3. The van der Waals surface area contributed by atoms with Crippen molar-refractivity contribution in [2.45, 2.75) is 125 Å². The van der Waals surface area contributed by atoms with Crippen molar-refractivity contribution >= 4 is 0 Å². The highest BCUT2D eigenvalue weighted by atomic mass is 16.3. The fraction of sp³-hybridized carbons (Fsp3) is 0.935. The highest BCUT2D eigenvalue weighted by Crippen LogP contribution is 2.68. The van der Waals surface area contributed by atoms with Crippen LogP contribution in [-0.4, -0.2) is 11.2 Å². The Morgan fingerprint density at radius 3 is 2.50 bits per heavy atom. The molecule has 5 rings (SSSR count). The van der Waals surface area contributed by atoms with Gasteiger partial charge in [-0.25, -0.2) is 0 Å². The summed E-state index contributed by atoms with van der Waals surface area (Å²) < 4.78 is 0. The summed E-state index contributed by atoms with van der Waals surface area (Å²) >= 11 is 0. The van der Waals surface area contributed by atoms with E-state index in [4.69, 9.17) is 0 Å². The van der Waals surface area contributed by atoms with E-state index in [-0.39, 0.29) is 6.10 Å². The van der Waals surface area contributed by atoms with Crippen LogP contribution in [0.25, 0.3) is 0 Å². The molecule has 0 radical (unpaired) electrons. The van der Waals surface area contributed by atoms with Crippen LogP contribution in [0.3, 0.4) is 0 Å². The Hall–Kier alpha value is -0.300. The van der Waals surface area contributed by atoms with Crippen molar-refractivity contribution in [3.05, 3.63) is 11.6 Å². The van der Waals surface area contributed by atoms with Crippen molar-refractivity contribution in [1.82, 2.24) is 0 Å². The van der Waals surface area contributed by atoms with Gasteiger partial charge in [0.15, 0.2) is 0 Å². The molecular weight excluding hydrogens is 388 g/mol. The van der Waals surface area contributed by atoms with Gasteiger partial charge in [0.05, 0.1) is 6.10 Å². The van der Waals surface area contributed by atoms with Gasteiger partial charge in [-0.1, -0.05) is 59.6 Å². The van der Waals surface area contributed by atoms with Crippen LogP contribution in [0.4, 0.5) is 0 Å². The van der Waals surface area contributed by atoms with Gasteiger partial charge < -0.3 is 5.11 Å². The molecule has 182 valence electrons. The number of allylic oxidation sites excluding steroid dienone is 1. The summed E-state index contributed by atoms with van der Waals surface area (Å²) in [5.74, 6) is 6.44. The van der Waals surface area contributed by atoms with E-state index >= 15 is 0 Å². The second-order valence-corrected chi connectivity index (χ2v) is 14.1. The molecule has 0 unspecified atom stereocenters. The molecule has 1 nitrogen and oxygen atoms in total. The first kappa shape index (κ1) is 23.4. The van der Waals surface area contributed by atoms with E-state index in [0.29, 0.717) is 16.2 Å². The van der Waals surface area contributed by atoms with Crippen LogP contribution in [0, 0.1) is 57.7 Å². The zero-order valence-corrected chi connectivity index (χ0v) is 22.1. The third-order valence-corrected chi connectivity index (χ3v) is 12.8. The normalized spacial score (nSPS) is 50.9. The lowest BCUT2D eigenvalue weighted by molar-refractivity contribution is -0.0576. The van der Waals surface area contributed by atoms with Gasteiger partial charge in [0, 0.05) is 0 Å². The third kappa shape index (κ3) is 3.41. The van der Waals surface area contributed by atoms with Crippen LogP contribution in [0.1, 0.15) is 119 Å². The predicted octanol–water partition coefficient (Wildman–Crippen LogP) is 8.41. The molecule has 1 heteroatoms. The van der Waals surface area contributed by atoms with Gasteiger partial charge in [0.25, 0.3) is 0 Å². The number of rotatable bonds is 6. The van der Waals surface area contributed by atoms with Gasteiger partial charge in [-0.05, 0) is 128 Å². The molecular formula is C31H52O. The summed E-state index contributed by atoms with van der Waals surface area (Å²) in [7, 11) is 0. The third-order valence-electron chi connectivity index (χ3n) is 12.8. The van der Waals surface area contributed by atoms with E-state index in [1.165, 1.54) is 64.2 Å². The van der Waals surface area contributed by atoms with Gasteiger partial charge in [-0.15, -0.1) is 0 Å². The minimum Gasteiger partial charge on any atom is -0.393 e. The Bertz CT molecular complexity index is 737. The fourth-order valence-electron chi connectivity index (χ4n) is 10.6. The van der Waals surface area contributed by atoms with Crippen LogP contribution < -0.4 is 0 Å². The Balaban J connectivity index is 1.29. The highest BCUT2D eigenvalue weighted by Gasteiger charge is 2.60. The zero-order chi connectivity index (χ0) is 22.9. The molecule has 0 saturated heterocycles. The van der Waals surface area contributed by atoms with E-state index in [1.54, 1.807) is 5.57 Å². The highest BCUT2D eigenvalue weighted by molar-refractivity contribution is 5.25. The van der Waals surface area contributed by atoms with Crippen molar-refractivity contribution in [3.63, 3.8) is 0 Å². The molecule has 0 heterocycles. The first-order valence-electron chi connectivity index (χ1n) is 14.5. The lowest BCUT2D eigenvalue weighted by Crippen LogP contribution is -2.50. The van der Waals surface area contributed by atoms with Gasteiger partial charge >= 0.3 is 0 Å². The van der Waals surface area contributed by atoms with Crippen LogP contribution in [0.15, 0.2) is 11.6 Å². The molecule has 0 aromatic heterocycles. The summed E-state index contributed by atoms with van der Waals surface area (Å²) in [6.45, 7) is 15.3. The Morgan fingerprint density at radius 2 is 1.81 bits per heavy atom. The smallest absolute Gasteiger partial charge is 0.0577 e. The maximum absolute atomic E-state index is 10.3. The van der Waals surface area contributed by atoms with Gasteiger partial charge in [-0.3, -0.25) is 0 Å². The molecule has 0 bridgehead atoms. The predicted molar refractivity (Wildman–Crippen MR) is 135 cm³/mol. The Labute approximate surface area is 199 Å². The zero-order valence-electron chi connectivity index (χ0n) is 22.1. The summed E-state index contributed by atoms with van der Waals surface area (Å²) in [6, 6.07) is 0. The summed E-state index contributed by atoms with van der Waals surface area (Å²) in [4.78, 5) is 0. The molecule has 0 aliphatic heterocycles. The number of hydrogen-bond donors (Lipinski definition) is 1. The van der Waals surface area contributed by atoms with Crippen molar-refractivity contribution in [1.29, 1.82) is 0 Å². The second kappa shape index (κ2) is 8.13. The molecule has 5 aliphatic carbocycles. The molecule has 32 heavy (non-hydrogen) atoms. The fourth-order valence-corrected chi connectivity index (χ4v) is 10.6. The quantitative estimate of drug-likeness (QED) is 0.411. The summed E-state index contributed by atoms with van der Waals surface area (Å²) in [6.07, 6.45) is 18.8. The topological polar surface area (TPSA) is 20.2 Å². The Morgan fingerprint density at radius 1 is 1.03 bits per heavy atom. The molecule has 4 fully saturated rings. The minimum absolute atomic E-state index is 0.0793. The van der Waals surface area contributed by atoms with Crippen LogP contribution in [-0.2, 0) is 0 Å². The maximum atomic E-state index is 10.3. The molecule has 4 saturated carbocycles. The van der Waals surface area contributed by atoms with E-state index in [2.05, 4.69) is 47.6 Å². The number of aliphatic hydroxyl groups excluding tert-OH is 1. The minimum atomic E-state index is -0.0793. The monoisotopic (exact) mass is 440 g/mol. The number of aliphatic hydroxyl groups is 1. The van der Waals surface area contributed by atoms with Gasteiger partial charge in [0.2, 0.25) is 0 Å². The standard InChI is InChI=1S/C31H52O/c1-7-22-19-31(22,20(2)3)17-12-21(4)26-10-11-27-25-9-8-23-18-24(32)13-15-29(23,5)28(25)14-16-30(26,27)6/h8,20-22,24-28,32H,7,9-19H2,1-6H3/t21-,22-,24+,25+,26-,27+,28+,29+,30-,31+/m1/s1. The summed E-state index contributed by atoms with van der Waals surface area (Å²) in [5.41, 5.74) is 3.27. The lowest BCUT2D eigenvalue weighted by atomic mass is 9.47. The first-order chi connectivity index (χ1) is 15.2. The second-order valence-electron chi connectivity index (χ2n) is 14.1. The average Bonchev–Trinajstić information content (AvgIpc) is 3.38. The van der Waals surface area contributed by atoms with Gasteiger partial charge in [-0.2, -0.15) is 0 Å². The molecule has 5 aliphatic rings.